The minimum Gasteiger partial charge on any atom is -0.362 e. The van der Waals surface area contributed by atoms with Crippen molar-refractivity contribution in [3.63, 3.8) is 0 Å². The summed E-state index contributed by atoms with van der Waals surface area (Å²) in [5.74, 6) is 0.282. The molecule has 2 atom stereocenters. The van der Waals surface area contributed by atoms with Gasteiger partial charge in [0.15, 0.2) is 0 Å². The van der Waals surface area contributed by atoms with Crippen molar-refractivity contribution < 1.29 is 8.78 Å². The fourth-order valence-corrected chi connectivity index (χ4v) is 2.86. The van der Waals surface area contributed by atoms with Gasteiger partial charge in [-0.3, -0.25) is 0 Å². The average molecular weight is 318 g/mol. The molecule has 2 aromatic rings. The minimum atomic E-state index is -0.884. The van der Waals surface area contributed by atoms with E-state index in [1.165, 1.54) is 12.1 Å². The average Bonchev–Trinajstić information content (AvgIpc) is 2.52. The van der Waals surface area contributed by atoms with Gasteiger partial charge in [-0.1, -0.05) is 0 Å². The first kappa shape index (κ1) is 15.8. The molecule has 0 amide bonds. The molecule has 122 valence electrons. The van der Waals surface area contributed by atoms with Gasteiger partial charge in [0.2, 0.25) is 0 Å². The number of likely N-dealkylation sites (tertiary alicyclic amines) is 1. The van der Waals surface area contributed by atoms with Crippen LogP contribution in [-0.2, 0) is 0 Å². The van der Waals surface area contributed by atoms with E-state index in [1.807, 2.05) is 20.0 Å². The number of aryl methyl sites for hydroxylation is 1. The molecule has 2 heterocycles. The molecule has 0 radical (unpaired) electrons. The maximum absolute atomic E-state index is 14.0. The first-order chi connectivity index (χ1) is 11.0. The van der Waals surface area contributed by atoms with Crippen molar-refractivity contribution in [2.24, 2.45) is 0 Å². The minimum absolute atomic E-state index is 0.279. The number of rotatable bonds is 3. The number of benzene rings is 1. The Morgan fingerprint density at radius 2 is 1.96 bits per heavy atom. The molecule has 1 aliphatic heterocycles. The van der Waals surface area contributed by atoms with Crippen molar-refractivity contribution in [3.8, 4) is 11.3 Å². The highest BCUT2D eigenvalue weighted by molar-refractivity contribution is 5.63. The summed E-state index contributed by atoms with van der Waals surface area (Å²) in [5.41, 5.74) is 2.42. The van der Waals surface area contributed by atoms with Crippen LogP contribution < -0.4 is 5.32 Å². The van der Waals surface area contributed by atoms with Gasteiger partial charge in [0, 0.05) is 18.7 Å². The van der Waals surface area contributed by atoms with E-state index in [9.17, 15) is 8.78 Å². The van der Waals surface area contributed by atoms with Crippen LogP contribution in [0.5, 0.6) is 0 Å². The normalized spacial score (nSPS) is 22.1. The van der Waals surface area contributed by atoms with Crippen LogP contribution in [0.25, 0.3) is 11.3 Å². The van der Waals surface area contributed by atoms with E-state index < -0.39 is 6.17 Å². The number of aromatic nitrogens is 2. The Bertz CT molecular complexity index is 675. The lowest BCUT2D eigenvalue weighted by atomic mass is 10.0. The summed E-state index contributed by atoms with van der Waals surface area (Å²) in [6, 6.07) is 7.72. The molecular weight excluding hydrogens is 298 g/mol. The summed E-state index contributed by atoms with van der Waals surface area (Å²) in [6.07, 6.45) is -0.362. The predicted octanol–water partition coefficient (Wildman–Crippen LogP) is 3.05. The van der Waals surface area contributed by atoms with Crippen molar-refractivity contribution in [1.82, 2.24) is 15.1 Å². The molecule has 4 nitrogen and oxygen atoms in total. The molecular formula is C17H20F2N4. The second-order valence-corrected chi connectivity index (χ2v) is 6.09. The fraction of sp³-hybridized carbons (Fsp3) is 0.412. The van der Waals surface area contributed by atoms with Crippen LogP contribution in [0.2, 0.25) is 0 Å². The zero-order valence-electron chi connectivity index (χ0n) is 13.3. The molecule has 1 saturated heterocycles. The Morgan fingerprint density at radius 1 is 1.22 bits per heavy atom. The van der Waals surface area contributed by atoms with Crippen molar-refractivity contribution in [1.29, 1.82) is 0 Å². The quantitative estimate of drug-likeness (QED) is 0.944. The van der Waals surface area contributed by atoms with E-state index in [2.05, 4.69) is 20.4 Å². The lowest BCUT2D eigenvalue weighted by Crippen LogP contribution is -2.47. The Morgan fingerprint density at radius 3 is 2.65 bits per heavy atom. The first-order valence-corrected chi connectivity index (χ1v) is 7.72. The number of alkyl halides is 1. The summed E-state index contributed by atoms with van der Waals surface area (Å²) in [5, 5.41) is 11.5. The van der Waals surface area contributed by atoms with Gasteiger partial charge in [-0.25, -0.2) is 8.78 Å². The molecule has 1 aromatic carbocycles. The maximum Gasteiger partial charge on any atom is 0.149 e. The molecule has 1 aliphatic rings. The fourth-order valence-electron chi connectivity index (χ4n) is 2.86. The second-order valence-electron chi connectivity index (χ2n) is 6.09. The molecule has 3 rings (SSSR count). The van der Waals surface area contributed by atoms with Crippen molar-refractivity contribution in [2.75, 3.05) is 25.5 Å². The van der Waals surface area contributed by atoms with E-state index in [1.54, 1.807) is 12.1 Å². The highest BCUT2D eigenvalue weighted by atomic mass is 19.1. The molecule has 1 fully saturated rings. The van der Waals surface area contributed by atoms with Crippen LogP contribution in [0.4, 0.5) is 14.6 Å². The van der Waals surface area contributed by atoms with Crippen molar-refractivity contribution >= 4 is 5.82 Å². The van der Waals surface area contributed by atoms with Crippen molar-refractivity contribution in [2.45, 2.75) is 25.6 Å². The second kappa shape index (κ2) is 6.58. The van der Waals surface area contributed by atoms with Gasteiger partial charge in [0.1, 0.15) is 17.8 Å². The van der Waals surface area contributed by atoms with Crippen LogP contribution in [0.3, 0.4) is 0 Å². The molecule has 23 heavy (non-hydrogen) atoms. The van der Waals surface area contributed by atoms with Gasteiger partial charge >= 0.3 is 0 Å². The lowest BCUT2D eigenvalue weighted by molar-refractivity contribution is 0.157. The van der Waals surface area contributed by atoms with Crippen LogP contribution in [-0.4, -0.2) is 47.4 Å². The standard InChI is InChI=1S/C17H20F2N4/c1-11-9-16(20-15-10-23(2)8-7-14(15)19)21-22-17(11)12-3-5-13(18)6-4-12/h3-6,9,14-15H,7-8,10H2,1-2H3,(H,20,21)/t14-,15+/m1/s1. The highest BCUT2D eigenvalue weighted by Gasteiger charge is 2.27. The summed E-state index contributed by atoms with van der Waals surface area (Å²) in [6.45, 7) is 3.33. The number of anilines is 1. The Kier molecular flexibility index (Phi) is 4.52. The molecule has 1 N–H and O–H groups in total. The van der Waals surface area contributed by atoms with E-state index in [4.69, 9.17) is 0 Å². The Balaban J connectivity index is 1.77. The van der Waals surface area contributed by atoms with Crippen LogP contribution in [0.15, 0.2) is 30.3 Å². The molecule has 0 bridgehead atoms. The molecule has 0 saturated carbocycles. The Labute approximate surface area is 134 Å². The molecule has 1 aromatic heterocycles. The van der Waals surface area contributed by atoms with E-state index in [0.717, 1.165) is 17.7 Å². The summed E-state index contributed by atoms with van der Waals surface area (Å²) in [4.78, 5) is 2.10. The predicted molar refractivity (Wildman–Crippen MR) is 86.6 cm³/mol. The zero-order chi connectivity index (χ0) is 16.4. The van der Waals surface area contributed by atoms with Gasteiger partial charge in [0.05, 0.1) is 11.7 Å². The third kappa shape index (κ3) is 3.64. The third-order valence-corrected chi connectivity index (χ3v) is 4.17. The number of nitrogens with zero attached hydrogens (tertiary/aromatic N) is 3. The topological polar surface area (TPSA) is 41.0 Å². The molecule has 6 heteroatoms. The summed E-state index contributed by atoms with van der Waals surface area (Å²) in [7, 11) is 1.98. The number of hydrogen-bond donors (Lipinski definition) is 1. The number of nitrogens with one attached hydrogen (secondary N) is 1. The van der Waals surface area contributed by atoms with Gasteiger partial charge in [-0.15, -0.1) is 10.2 Å². The number of likely N-dealkylation sites (N-methyl/N-ethyl adjacent to an activating group) is 1. The van der Waals surface area contributed by atoms with Crippen LogP contribution >= 0.6 is 0 Å². The SMILES string of the molecule is Cc1cc(N[C@H]2CN(C)CC[C@H]2F)nnc1-c1ccc(F)cc1. The van der Waals surface area contributed by atoms with E-state index >= 15 is 0 Å². The van der Waals surface area contributed by atoms with Gasteiger partial charge in [-0.05, 0) is 56.3 Å². The van der Waals surface area contributed by atoms with E-state index in [0.29, 0.717) is 24.5 Å². The molecule has 0 aliphatic carbocycles. The van der Waals surface area contributed by atoms with Gasteiger partial charge in [0.25, 0.3) is 0 Å². The van der Waals surface area contributed by atoms with E-state index in [-0.39, 0.29) is 11.9 Å². The maximum atomic E-state index is 14.0. The van der Waals surface area contributed by atoms with Crippen LogP contribution in [0.1, 0.15) is 12.0 Å². The van der Waals surface area contributed by atoms with Crippen LogP contribution in [0, 0.1) is 12.7 Å². The van der Waals surface area contributed by atoms with Crippen molar-refractivity contribution in [3.05, 3.63) is 41.7 Å². The van der Waals surface area contributed by atoms with Gasteiger partial charge in [-0.2, -0.15) is 0 Å². The zero-order valence-corrected chi connectivity index (χ0v) is 13.3. The lowest BCUT2D eigenvalue weighted by Gasteiger charge is -2.33. The largest absolute Gasteiger partial charge is 0.362 e. The number of hydrogen-bond acceptors (Lipinski definition) is 4. The molecule has 0 unspecified atom stereocenters. The molecule has 0 spiro atoms. The highest BCUT2D eigenvalue weighted by Crippen LogP contribution is 2.23. The number of halogens is 2. The third-order valence-electron chi connectivity index (χ3n) is 4.17. The number of piperidine rings is 1. The summed E-state index contributed by atoms with van der Waals surface area (Å²) >= 11 is 0. The Hall–Kier alpha value is -2.08. The first-order valence-electron chi connectivity index (χ1n) is 7.72. The van der Waals surface area contributed by atoms with Gasteiger partial charge < -0.3 is 10.2 Å². The summed E-state index contributed by atoms with van der Waals surface area (Å²) < 4.78 is 27.0. The monoisotopic (exact) mass is 318 g/mol. The smallest absolute Gasteiger partial charge is 0.149 e.